The van der Waals surface area contributed by atoms with Crippen LogP contribution in [-0.2, 0) is 13.2 Å². The number of aromatic nitrogens is 3. The predicted octanol–water partition coefficient (Wildman–Crippen LogP) is 2.07. The molecule has 6 heteroatoms. The van der Waals surface area contributed by atoms with Gasteiger partial charge in [-0.05, 0) is 26.0 Å². The molecule has 0 bridgehead atoms. The molecule has 0 unspecified atom stereocenters. The molecule has 0 aliphatic heterocycles. The number of nitrogens with zero attached hydrogens (tertiary/aromatic N) is 3. The second-order valence-electron chi connectivity index (χ2n) is 4.14. The van der Waals surface area contributed by atoms with E-state index < -0.39 is 11.9 Å². The Balaban J connectivity index is 2.06. The molecule has 1 atom stereocenters. The smallest absolute Gasteiger partial charge is 0.164 e. The van der Waals surface area contributed by atoms with Gasteiger partial charge in [-0.25, -0.2) is 14.1 Å². The van der Waals surface area contributed by atoms with E-state index in [0.29, 0.717) is 18.1 Å². The Morgan fingerprint density at radius 2 is 2.26 bits per heavy atom. The number of benzene rings is 1. The van der Waals surface area contributed by atoms with Crippen LogP contribution < -0.4 is 4.74 Å². The fourth-order valence-electron chi connectivity index (χ4n) is 1.75. The standard InChI is InChI=1S/C13H16FN3O2/c1-3-17-13(15-8-16-17)7-19-10-4-5-11(9(2)18)12(14)6-10/h4-6,8-9,18H,3,7H2,1-2H3/t9-/m1/s1. The molecule has 0 spiro atoms. The highest BCUT2D eigenvalue weighted by atomic mass is 19.1. The van der Waals surface area contributed by atoms with Crippen molar-refractivity contribution in [2.24, 2.45) is 0 Å². The summed E-state index contributed by atoms with van der Waals surface area (Å²) < 4.78 is 20.8. The van der Waals surface area contributed by atoms with Gasteiger partial charge in [0.25, 0.3) is 0 Å². The molecule has 0 saturated carbocycles. The van der Waals surface area contributed by atoms with Gasteiger partial charge in [0.15, 0.2) is 5.82 Å². The maximum atomic E-state index is 13.6. The van der Waals surface area contributed by atoms with E-state index >= 15 is 0 Å². The summed E-state index contributed by atoms with van der Waals surface area (Å²) in [6.45, 7) is 4.40. The van der Waals surface area contributed by atoms with Crippen molar-refractivity contribution >= 4 is 0 Å². The minimum absolute atomic E-state index is 0.224. The van der Waals surface area contributed by atoms with Crippen molar-refractivity contribution in [3.8, 4) is 5.75 Å². The van der Waals surface area contributed by atoms with Gasteiger partial charge in [-0.2, -0.15) is 5.10 Å². The Kier molecular flexibility index (Phi) is 4.11. The highest BCUT2D eigenvalue weighted by Crippen LogP contribution is 2.22. The van der Waals surface area contributed by atoms with Crippen LogP contribution in [0, 0.1) is 5.82 Å². The minimum atomic E-state index is -0.836. The number of aliphatic hydroxyl groups is 1. The van der Waals surface area contributed by atoms with Crippen molar-refractivity contribution in [2.75, 3.05) is 0 Å². The van der Waals surface area contributed by atoms with Gasteiger partial charge in [0, 0.05) is 18.2 Å². The van der Waals surface area contributed by atoms with E-state index in [1.54, 1.807) is 10.7 Å². The normalized spacial score (nSPS) is 12.4. The van der Waals surface area contributed by atoms with Gasteiger partial charge in [0.2, 0.25) is 0 Å². The summed E-state index contributed by atoms with van der Waals surface area (Å²) in [6, 6.07) is 4.40. The molecule has 19 heavy (non-hydrogen) atoms. The molecular formula is C13H16FN3O2. The number of hydrogen-bond acceptors (Lipinski definition) is 4. The molecule has 5 nitrogen and oxygen atoms in total. The average molecular weight is 265 g/mol. The third-order valence-electron chi connectivity index (χ3n) is 2.79. The number of hydrogen-bond donors (Lipinski definition) is 1. The van der Waals surface area contributed by atoms with Crippen LogP contribution in [-0.4, -0.2) is 19.9 Å². The number of ether oxygens (including phenoxy) is 1. The Hall–Kier alpha value is -1.95. The second kappa shape index (κ2) is 5.79. The van der Waals surface area contributed by atoms with Gasteiger partial charge in [0.1, 0.15) is 24.5 Å². The quantitative estimate of drug-likeness (QED) is 0.899. The van der Waals surface area contributed by atoms with Crippen molar-refractivity contribution in [1.82, 2.24) is 14.8 Å². The first-order chi connectivity index (χ1) is 9.11. The number of rotatable bonds is 5. The molecule has 1 heterocycles. The summed E-state index contributed by atoms with van der Waals surface area (Å²) in [5, 5.41) is 13.4. The fraction of sp³-hybridized carbons (Fsp3) is 0.385. The van der Waals surface area contributed by atoms with Crippen LogP contribution in [0.15, 0.2) is 24.5 Å². The third kappa shape index (κ3) is 3.08. The average Bonchev–Trinajstić information content (AvgIpc) is 2.83. The lowest BCUT2D eigenvalue weighted by Crippen LogP contribution is -2.07. The number of halogens is 1. The summed E-state index contributed by atoms with van der Waals surface area (Å²) in [7, 11) is 0. The first-order valence-electron chi connectivity index (χ1n) is 6.08. The molecule has 0 aliphatic carbocycles. The first kappa shape index (κ1) is 13.5. The molecular weight excluding hydrogens is 249 g/mol. The summed E-state index contributed by atoms with van der Waals surface area (Å²) >= 11 is 0. The lowest BCUT2D eigenvalue weighted by atomic mass is 10.1. The fourth-order valence-corrected chi connectivity index (χ4v) is 1.75. The van der Waals surface area contributed by atoms with Crippen LogP contribution in [0.5, 0.6) is 5.75 Å². The predicted molar refractivity (Wildman–Crippen MR) is 67.1 cm³/mol. The zero-order valence-corrected chi connectivity index (χ0v) is 10.9. The maximum absolute atomic E-state index is 13.6. The van der Waals surface area contributed by atoms with Crippen molar-refractivity contribution < 1.29 is 14.2 Å². The van der Waals surface area contributed by atoms with Crippen LogP contribution >= 0.6 is 0 Å². The molecule has 0 aliphatic rings. The molecule has 2 rings (SSSR count). The second-order valence-corrected chi connectivity index (χ2v) is 4.14. The molecule has 1 aromatic carbocycles. The molecule has 1 N–H and O–H groups in total. The highest BCUT2D eigenvalue weighted by Gasteiger charge is 2.10. The summed E-state index contributed by atoms with van der Waals surface area (Å²) in [5.41, 5.74) is 0.254. The third-order valence-corrected chi connectivity index (χ3v) is 2.79. The molecule has 102 valence electrons. The number of aliphatic hydroxyl groups excluding tert-OH is 1. The van der Waals surface area contributed by atoms with E-state index in [-0.39, 0.29) is 12.2 Å². The molecule has 2 aromatic rings. The van der Waals surface area contributed by atoms with Crippen molar-refractivity contribution in [2.45, 2.75) is 33.1 Å². The summed E-state index contributed by atoms with van der Waals surface area (Å²) in [6.07, 6.45) is 0.622. The van der Waals surface area contributed by atoms with Crippen LogP contribution in [0.4, 0.5) is 4.39 Å². The maximum Gasteiger partial charge on any atom is 0.164 e. The van der Waals surface area contributed by atoms with Gasteiger partial charge in [-0.1, -0.05) is 0 Å². The van der Waals surface area contributed by atoms with E-state index in [0.717, 1.165) is 0 Å². The van der Waals surface area contributed by atoms with E-state index in [2.05, 4.69) is 10.1 Å². The SMILES string of the molecule is CCn1ncnc1COc1ccc([C@@H](C)O)c(F)c1. The van der Waals surface area contributed by atoms with Crippen LogP contribution in [0.2, 0.25) is 0 Å². The van der Waals surface area contributed by atoms with Crippen molar-refractivity contribution in [3.63, 3.8) is 0 Å². The van der Waals surface area contributed by atoms with E-state index in [9.17, 15) is 9.50 Å². The number of aryl methyl sites for hydroxylation is 1. The van der Waals surface area contributed by atoms with Crippen LogP contribution in [0.25, 0.3) is 0 Å². The van der Waals surface area contributed by atoms with E-state index in [1.165, 1.54) is 25.4 Å². The van der Waals surface area contributed by atoms with Gasteiger partial charge < -0.3 is 9.84 Å². The van der Waals surface area contributed by atoms with Gasteiger partial charge in [-0.3, -0.25) is 0 Å². The molecule has 0 saturated heterocycles. The largest absolute Gasteiger partial charge is 0.486 e. The summed E-state index contributed by atoms with van der Waals surface area (Å²) in [5.74, 6) is 0.597. The summed E-state index contributed by atoms with van der Waals surface area (Å²) in [4.78, 5) is 4.06. The van der Waals surface area contributed by atoms with Crippen LogP contribution in [0.3, 0.4) is 0 Å². The van der Waals surface area contributed by atoms with E-state index in [1.807, 2.05) is 6.92 Å². The first-order valence-corrected chi connectivity index (χ1v) is 6.08. The van der Waals surface area contributed by atoms with Crippen LogP contribution in [0.1, 0.15) is 31.3 Å². The van der Waals surface area contributed by atoms with Gasteiger partial charge >= 0.3 is 0 Å². The van der Waals surface area contributed by atoms with Gasteiger partial charge in [-0.15, -0.1) is 0 Å². The monoisotopic (exact) mass is 265 g/mol. The molecule has 0 fully saturated rings. The van der Waals surface area contributed by atoms with E-state index in [4.69, 9.17) is 4.74 Å². The Labute approximate surface area is 110 Å². The lowest BCUT2D eigenvalue weighted by Gasteiger charge is -2.10. The Morgan fingerprint density at radius 3 is 2.89 bits per heavy atom. The Bertz CT molecular complexity index is 555. The topological polar surface area (TPSA) is 60.2 Å². The zero-order valence-electron chi connectivity index (χ0n) is 10.9. The Morgan fingerprint density at radius 1 is 1.47 bits per heavy atom. The van der Waals surface area contributed by atoms with Crippen molar-refractivity contribution in [3.05, 3.63) is 41.7 Å². The minimum Gasteiger partial charge on any atom is -0.486 e. The van der Waals surface area contributed by atoms with Gasteiger partial charge in [0.05, 0.1) is 6.10 Å². The highest BCUT2D eigenvalue weighted by molar-refractivity contribution is 5.30. The molecule has 0 radical (unpaired) electrons. The molecule has 1 aromatic heterocycles. The zero-order chi connectivity index (χ0) is 13.8. The molecule has 0 amide bonds. The van der Waals surface area contributed by atoms with Crippen molar-refractivity contribution in [1.29, 1.82) is 0 Å². The lowest BCUT2D eigenvalue weighted by molar-refractivity contribution is 0.193.